The van der Waals surface area contributed by atoms with E-state index in [-0.39, 0.29) is 17.7 Å². The summed E-state index contributed by atoms with van der Waals surface area (Å²) >= 11 is 2.95. The molecule has 0 saturated heterocycles. The van der Waals surface area contributed by atoms with E-state index in [4.69, 9.17) is 0 Å². The van der Waals surface area contributed by atoms with Crippen molar-refractivity contribution in [3.05, 3.63) is 0 Å². The Bertz CT molecular complexity index is 500. The summed E-state index contributed by atoms with van der Waals surface area (Å²) in [7, 11) is 0. The number of thioether (sulfide) groups is 1. The van der Waals surface area contributed by atoms with Crippen molar-refractivity contribution >= 4 is 40.0 Å². The third-order valence-corrected chi connectivity index (χ3v) is 5.27. The maximum absolute atomic E-state index is 12.4. The first-order valence-corrected chi connectivity index (χ1v) is 8.94. The number of hydrogen-bond donors (Lipinski definition) is 2. The molecule has 0 radical (unpaired) electrons. The Balaban J connectivity index is 2.00. The van der Waals surface area contributed by atoms with Crippen LogP contribution in [0.25, 0.3) is 0 Å². The highest BCUT2D eigenvalue weighted by Gasteiger charge is 2.31. The summed E-state index contributed by atoms with van der Waals surface area (Å²) in [5, 5.41) is 14.0. The highest BCUT2D eigenvalue weighted by Crippen LogP contribution is 2.29. The molecule has 0 aromatic carbocycles. The second-order valence-corrected chi connectivity index (χ2v) is 7.51. The zero-order valence-corrected chi connectivity index (χ0v) is 13.9. The van der Waals surface area contributed by atoms with Gasteiger partial charge in [0.15, 0.2) is 4.34 Å². The number of carbonyl (C=O) groups excluding carboxylic acids is 2. The number of anilines is 1. The Morgan fingerprint density at radius 2 is 2.10 bits per heavy atom. The fourth-order valence-electron chi connectivity index (χ4n) is 2.53. The Morgan fingerprint density at radius 1 is 1.38 bits per heavy atom. The van der Waals surface area contributed by atoms with E-state index >= 15 is 0 Å². The van der Waals surface area contributed by atoms with Gasteiger partial charge in [0, 0.05) is 6.92 Å². The lowest BCUT2D eigenvalue weighted by atomic mass is 9.97. The molecule has 0 spiro atoms. The second-order valence-electron chi connectivity index (χ2n) is 5.02. The number of rotatable bonds is 6. The fraction of sp³-hybridized carbons (Fsp3) is 0.692. The molecule has 116 valence electrons. The fourth-order valence-corrected chi connectivity index (χ4v) is 4.18. The Labute approximate surface area is 132 Å². The van der Waals surface area contributed by atoms with Crippen LogP contribution in [-0.2, 0) is 9.59 Å². The summed E-state index contributed by atoms with van der Waals surface area (Å²) < 4.78 is 0.838. The summed E-state index contributed by atoms with van der Waals surface area (Å²) in [4.78, 5) is 23.7. The maximum Gasteiger partial charge on any atom is 0.249 e. The molecule has 1 fully saturated rings. The van der Waals surface area contributed by atoms with Gasteiger partial charge < -0.3 is 5.32 Å². The molecule has 1 atom stereocenters. The van der Waals surface area contributed by atoms with Crippen LogP contribution in [0.5, 0.6) is 0 Å². The molecule has 2 rings (SSSR count). The van der Waals surface area contributed by atoms with Gasteiger partial charge in [-0.1, -0.05) is 42.9 Å². The minimum Gasteiger partial charge on any atom is -0.344 e. The summed E-state index contributed by atoms with van der Waals surface area (Å²) in [6.45, 7) is 3.48. The van der Waals surface area contributed by atoms with Gasteiger partial charge >= 0.3 is 0 Å². The van der Waals surface area contributed by atoms with Gasteiger partial charge in [-0.15, -0.1) is 10.2 Å². The lowest BCUT2D eigenvalue weighted by molar-refractivity contribution is -0.126. The molecule has 0 bridgehead atoms. The maximum atomic E-state index is 12.4. The van der Waals surface area contributed by atoms with Crippen LogP contribution in [0.3, 0.4) is 0 Å². The molecule has 1 aliphatic rings. The smallest absolute Gasteiger partial charge is 0.249 e. The topological polar surface area (TPSA) is 84.0 Å². The van der Waals surface area contributed by atoms with Crippen LogP contribution < -0.4 is 10.6 Å². The largest absolute Gasteiger partial charge is 0.344 e. The Hall–Kier alpha value is -1.15. The molecule has 0 aliphatic heterocycles. The normalized spacial score (nSPS) is 16.7. The van der Waals surface area contributed by atoms with Gasteiger partial charge in [0.05, 0.1) is 0 Å². The van der Waals surface area contributed by atoms with Gasteiger partial charge in [-0.25, -0.2) is 0 Å². The van der Waals surface area contributed by atoms with E-state index in [0.717, 1.165) is 35.8 Å². The van der Waals surface area contributed by atoms with Crippen LogP contribution in [0.2, 0.25) is 0 Å². The van der Waals surface area contributed by atoms with Crippen LogP contribution in [0, 0.1) is 5.92 Å². The van der Waals surface area contributed by atoms with Crippen molar-refractivity contribution in [2.45, 2.75) is 49.9 Å². The molecule has 21 heavy (non-hydrogen) atoms. The standard InChI is InChI=1S/C13H20N4O2S2/c1-3-20-13-17-16-12(21-13)15-11(19)10(14-8(2)18)9-6-4-5-7-9/h9-10H,3-7H2,1-2H3,(H,14,18)(H,15,16,19)/t10-/m1/s1. The highest BCUT2D eigenvalue weighted by molar-refractivity contribution is 8.01. The van der Waals surface area contributed by atoms with Crippen molar-refractivity contribution in [1.82, 2.24) is 15.5 Å². The third-order valence-electron chi connectivity index (χ3n) is 3.42. The minimum atomic E-state index is -0.476. The summed E-state index contributed by atoms with van der Waals surface area (Å²) in [6, 6.07) is -0.476. The molecular formula is C13H20N4O2S2. The molecular weight excluding hydrogens is 308 g/mol. The molecule has 1 aromatic heterocycles. The quantitative estimate of drug-likeness (QED) is 0.618. The minimum absolute atomic E-state index is 0.179. The van der Waals surface area contributed by atoms with Crippen molar-refractivity contribution in [1.29, 1.82) is 0 Å². The molecule has 8 heteroatoms. The molecule has 1 saturated carbocycles. The molecule has 1 aliphatic carbocycles. The van der Waals surface area contributed by atoms with E-state index in [2.05, 4.69) is 20.8 Å². The first-order valence-electron chi connectivity index (χ1n) is 7.14. The van der Waals surface area contributed by atoms with Crippen LogP contribution in [-0.4, -0.2) is 33.8 Å². The first-order chi connectivity index (χ1) is 10.1. The molecule has 0 unspecified atom stereocenters. The van der Waals surface area contributed by atoms with E-state index in [1.54, 1.807) is 11.8 Å². The van der Waals surface area contributed by atoms with E-state index in [1.165, 1.54) is 18.3 Å². The highest BCUT2D eigenvalue weighted by atomic mass is 32.2. The lowest BCUT2D eigenvalue weighted by Gasteiger charge is -2.22. The van der Waals surface area contributed by atoms with Crippen molar-refractivity contribution in [3.8, 4) is 0 Å². The average molecular weight is 328 g/mol. The number of carbonyl (C=O) groups is 2. The molecule has 6 nitrogen and oxygen atoms in total. The van der Waals surface area contributed by atoms with Gasteiger partial charge in [0.1, 0.15) is 6.04 Å². The zero-order chi connectivity index (χ0) is 15.2. The Morgan fingerprint density at radius 3 is 2.71 bits per heavy atom. The lowest BCUT2D eigenvalue weighted by Crippen LogP contribution is -2.47. The predicted octanol–water partition coefficient (Wildman–Crippen LogP) is 2.28. The number of nitrogens with zero attached hydrogens (tertiary/aromatic N) is 2. The van der Waals surface area contributed by atoms with Crippen LogP contribution in [0.4, 0.5) is 5.13 Å². The van der Waals surface area contributed by atoms with E-state index in [0.29, 0.717) is 5.13 Å². The van der Waals surface area contributed by atoms with Crippen LogP contribution in [0.15, 0.2) is 4.34 Å². The molecule has 2 amide bonds. The van der Waals surface area contributed by atoms with Crippen LogP contribution in [0.1, 0.15) is 39.5 Å². The molecule has 2 N–H and O–H groups in total. The first kappa shape index (κ1) is 16.2. The van der Waals surface area contributed by atoms with E-state index < -0.39 is 6.04 Å². The van der Waals surface area contributed by atoms with Gasteiger partial charge in [-0.2, -0.15) is 0 Å². The van der Waals surface area contributed by atoms with Crippen LogP contribution >= 0.6 is 23.1 Å². The summed E-state index contributed by atoms with van der Waals surface area (Å²) in [5.41, 5.74) is 0. The number of hydrogen-bond acceptors (Lipinski definition) is 6. The van der Waals surface area contributed by atoms with Crippen molar-refractivity contribution < 1.29 is 9.59 Å². The molecule has 1 heterocycles. The third kappa shape index (κ3) is 4.67. The van der Waals surface area contributed by atoms with E-state index in [1.807, 2.05) is 6.92 Å². The van der Waals surface area contributed by atoms with E-state index in [9.17, 15) is 9.59 Å². The van der Waals surface area contributed by atoms with Gasteiger partial charge in [-0.3, -0.25) is 14.9 Å². The second kappa shape index (κ2) is 7.74. The monoisotopic (exact) mass is 328 g/mol. The number of aromatic nitrogens is 2. The predicted molar refractivity (Wildman–Crippen MR) is 84.5 cm³/mol. The van der Waals surface area contributed by atoms with Crippen molar-refractivity contribution in [3.63, 3.8) is 0 Å². The number of amides is 2. The SMILES string of the molecule is CCSc1nnc(NC(=O)[C@H](NC(C)=O)C2CCCC2)s1. The van der Waals surface area contributed by atoms with Gasteiger partial charge in [0.25, 0.3) is 0 Å². The summed E-state index contributed by atoms with van der Waals surface area (Å²) in [6.07, 6.45) is 4.19. The van der Waals surface area contributed by atoms with Crippen molar-refractivity contribution in [2.24, 2.45) is 5.92 Å². The number of nitrogens with one attached hydrogen (secondary N) is 2. The van der Waals surface area contributed by atoms with Crippen molar-refractivity contribution in [2.75, 3.05) is 11.1 Å². The Kier molecular flexibility index (Phi) is 5.98. The molecule has 1 aromatic rings. The summed E-state index contributed by atoms with van der Waals surface area (Å²) in [5.74, 6) is 0.758. The van der Waals surface area contributed by atoms with Gasteiger partial charge in [0.2, 0.25) is 16.9 Å². The zero-order valence-electron chi connectivity index (χ0n) is 12.2. The van der Waals surface area contributed by atoms with Gasteiger partial charge in [-0.05, 0) is 24.5 Å². The average Bonchev–Trinajstić information content (AvgIpc) is 3.08.